The zero-order valence-electron chi connectivity index (χ0n) is 7.90. The van der Waals surface area contributed by atoms with Gasteiger partial charge in [-0.3, -0.25) is 0 Å². The summed E-state index contributed by atoms with van der Waals surface area (Å²) in [6.45, 7) is 7.37. The van der Waals surface area contributed by atoms with Gasteiger partial charge in [0.05, 0.1) is 10.0 Å². The van der Waals surface area contributed by atoms with E-state index in [2.05, 4.69) is 26.1 Å². The van der Waals surface area contributed by atoms with Crippen molar-refractivity contribution in [2.24, 2.45) is 0 Å². The average Bonchev–Trinajstić information content (AvgIpc) is 2.30. The highest BCUT2D eigenvalue weighted by molar-refractivity contribution is 7.20. The van der Waals surface area contributed by atoms with Crippen LogP contribution < -0.4 is 11.1 Å². The Hall–Kier alpha value is -0.700. The molecule has 0 aliphatic heterocycles. The predicted molar refractivity (Wildman–Crippen MR) is 57.0 cm³/mol. The number of nitrogens with one attached hydrogen (secondary N) is 1. The maximum absolute atomic E-state index is 5.79. The van der Waals surface area contributed by atoms with Gasteiger partial charge < -0.3 is 11.1 Å². The third kappa shape index (κ3) is 1.72. The molecule has 0 radical (unpaired) electrons. The first-order valence-corrected chi connectivity index (χ1v) is 5.07. The summed E-state index contributed by atoms with van der Waals surface area (Å²) in [5, 5.41) is 5.53. The van der Waals surface area contributed by atoms with Crippen LogP contribution in [0.4, 0.5) is 10.0 Å². The second-order valence-electron chi connectivity index (χ2n) is 2.97. The fourth-order valence-corrected chi connectivity index (χ4v) is 2.03. The second-order valence-corrected chi connectivity index (χ2v) is 4.02. The van der Waals surface area contributed by atoms with E-state index in [9.17, 15) is 0 Å². The van der Waals surface area contributed by atoms with E-state index in [1.165, 1.54) is 16.1 Å². The van der Waals surface area contributed by atoms with E-state index in [0.717, 1.165) is 18.0 Å². The smallest absolute Gasteiger partial charge is 0.0936 e. The van der Waals surface area contributed by atoms with Crippen LogP contribution in [0.15, 0.2) is 0 Å². The molecule has 1 rings (SSSR count). The molecule has 0 saturated heterocycles. The highest BCUT2D eigenvalue weighted by Gasteiger charge is 2.07. The molecule has 0 bridgehead atoms. The number of hydrogen-bond donors (Lipinski definition) is 2. The molecule has 0 saturated carbocycles. The lowest BCUT2D eigenvalue weighted by Gasteiger charge is -2.01. The van der Waals surface area contributed by atoms with Gasteiger partial charge in [0.25, 0.3) is 0 Å². The SMILES string of the molecule is CCCNc1sc(N)c(C)c1C. The van der Waals surface area contributed by atoms with E-state index in [1.807, 2.05) is 0 Å². The van der Waals surface area contributed by atoms with Crippen molar-refractivity contribution in [3.8, 4) is 0 Å². The molecule has 1 heterocycles. The Labute approximate surface area is 77.8 Å². The van der Waals surface area contributed by atoms with E-state index in [1.54, 1.807) is 11.3 Å². The number of nitrogen functional groups attached to an aromatic ring is 1. The van der Waals surface area contributed by atoms with E-state index >= 15 is 0 Å². The van der Waals surface area contributed by atoms with Crippen LogP contribution in [0.1, 0.15) is 24.5 Å². The van der Waals surface area contributed by atoms with Gasteiger partial charge in [-0.05, 0) is 31.4 Å². The summed E-state index contributed by atoms with van der Waals surface area (Å²) in [6, 6.07) is 0. The Balaban J connectivity index is 2.79. The molecule has 1 aromatic heterocycles. The minimum atomic E-state index is 0.936. The van der Waals surface area contributed by atoms with Gasteiger partial charge in [-0.1, -0.05) is 6.92 Å². The van der Waals surface area contributed by atoms with Crippen molar-refractivity contribution in [2.45, 2.75) is 27.2 Å². The third-order valence-corrected chi connectivity index (χ3v) is 3.20. The molecule has 0 atom stereocenters. The van der Waals surface area contributed by atoms with Gasteiger partial charge in [0.1, 0.15) is 0 Å². The van der Waals surface area contributed by atoms with Crippen molar-refractivity contribution in [1.29, 1.82) is 0 Å². The van der Waals surface area contributed by atoms with E-state index < -0.39 is 0 Å². The number of nitrogens with two attached hydrogens (primary N) is 1. The van der Waals surface area contributed by atoms with E-state index in [-0.39, 0.29) is 0 Å². The maximum Gasteiger partial charge on any atom is 0.0936 e. The van der Waals surface area contributed by atoms with Gasteiger partial charge in [0.15, 0.2) is 0 Å². The molecule has 3 heteroatoms. The first-order chi connectivity index (χ1) is 5.66. The molecule has 2 nitrogen and oxygen atoms in total. The Kier molecular flexibility index (Phi) is 2.98. The quantitative estimate of drug-likeness (QED) is 0.758. The number of anilines is 2. The molecule has 0 aliphatic rings. The number of thiophene rings is 1. The van der Waals surface area contributed by atoms with Gasteiger partial charge in [0.2, 0.25) is 0 Å². The Morgan fingerprint density at radius 3 is 2.42 bits per heavy atom. The minimum absolute atomic E-state index is 0.936. The largest absolute Gasteiger partial charge is 0.390 e. The highest BCUT2D eigenvalue weighted by Crippen LogP contribution is 2.33. The van der Waals surface area contributed by atoms with Crippen molar-refractivity contribution in [3.05, 3.63) is 11.1 Å². The van der Waals surface area contributed by atoms with Crippen molar-refractivity contribution < 1.29 is 0 Å². The maximum atomic E-state index is 5.79. The lowest BCUT2D eigenvalue weighted by Crippen LogP contribution is -1.98. The molecule has 68 valence electrons. The van der Waals surface area contributed by atoms with Crippen LogP contribution in [0.25, 0.3) is 0 Å². The van der Waals surface area contributed by atoms with E-state index in [4.69, 9.17) is 5.73 Å². The molecule has 3 N–H and O–H groups in total. The van der Waals surface area contributed by atoms with Crippen molar-refractivity contribution in [3.63, 3.8) is 0 Å². The van der Waals surface area contributed by atoms with Crippen molar-refractivity contribution >= 4 is 21.3 Å². The Morgan fingerprint density at radius 1 is 1.33 bits per heavy atom. The zero-order valence-corrected chi connectivity index (χ0v) is 8.72. The molecule has 0 aromatic carbocycles. The predicted octanol–water partition coefficient (Wildman–Crippen LogP) is 2.77. The summed E-state index contributed by atoms with van der Waals surface area (Å²) in [4.78, 5) is 0. The first-order valence-electron chi connectivity index (χ1n) is 4.26. The van der Waals surface area contributed by atoms with Crippen molar-refractivity contribution in [2.75, 3.05) is 17.6 Å². The summed E-state index contributed by atoms with van der Waals surface area (Å²) in [5.74, 6) is 0. The van der Waals surface area contributed by atoms with Gasteiger partial charge in [-0.25, -0.2) is 0 Å². The fourth-order valence-electron chi connectivity index (χ4n) is 1.03. The number of hydrogen-bond acceptors (Lipinski definition) is 3. The lowest BCUT2D eigenvalue weighted by atomic mass is 10.2. The van der Waals surface area contributed by atoms with Gasteiger partial charge in [-0.2, -0.15) is 0 Å². The molecule has 12 heavy (non-hydrogen) atoms. The molecular weight excluding hydrogens is 168 g/mol. The van der Waals surface area contributed by atoms with Crippen LogP contribution in [0, 0.1) is 13.8 Å². The van der Waals surface area contributed by atoms with Crippen LogP contribution in [-0.4, -0.2) is 6.54 Å². The third-order valence-electron chi connectivity index (χ3n) is 2.02. The average molecular weight is 184 g/mol. The second kappa shape index (κ2) is 3.81. The van der Waals surface area contributed by atoms with Crippen LogP contribution in [-0.2, 0) is 0 Å². The topological polar surface area (TPSA) is 38.0 Å². The highest BCUT2D eigenvalue weighted by atomic mass is 32.1. The van der Waals surface area contributed by atoms with Gasteiger partial charge in [-0.15, -0.1) is 11.3 Å². The number of rotatable bonds is 3. The Bertz CT molecular complexity index is 266. The summed E-state index contributed by atoms with van der Waals surface area (Å²) in [7, 11) is 0. The summed E-state index contributed by atoms with van der Waals surface area (Å²) in [6.07, 6.45) is 1.15. The van der Waals surface area contributed by atoms with Crippen molar-refractivity contribution in [1.82, 2.24) is 0 Å². The summed E-state index contributed by atoms with van der Waals surface area (Å²) >= 11 is 1.65. The fraction of sp³-hybridized carbons (Fsp3) is 0.556. The zero-order chi connectivity index (χ0) is 9.14. The van der Waals surface area contributed by atoms with Crippen LogP contribution in [0.3, 0.4) is 0 Å². The summed E-state index contributed by atoms with van der Waals surface area (Å²) in [5.41, 5.74) is 8.31. The van der Waals surface area contributed by atoms with Crippen LogP contribution in [0.5, 0.6) is 0 Å². The lowest BCUT2D eigenvalue weighted by molar-refractivity contribution is 0.982. The van der Waals surface area contributed by atoms with Gasteiger partial charge in [0, 0.05) is 6.54 Å². The first kappa shape index (κ1) is 9.39. The normalized spacial score (nSPS) is 10.2. The molecule has 0 aliphatic carbocycles. The molecule has 0 spiro atoms. The monoisotopic (exact) mass is 184 g/mol. The molecule has 0 fully saturated rings. The molecule has 0 amide bonds. The standard InChI is InChI=1S/C9H16N2S/c1-4-5-11-9-7(3)6(2)8(10)12-9/h11H,4-5,10H2,1-3H3. The van der Waals surface area contributed by atoms with Crippen LogP contribution >= 0.6 is 11.3 Å². The summed E-state index contributed by atoms with van der Waals surface area (Å²) < 4.78 is 0. The van der Waals surface area contributed by atoms with Gasteiger partial charge >= 0.3 is 0 Å². The molecule has 0 unspecified atom stereocenters. The molecule has 1 aromatic rings. The molecular formula is C9H16N2S. The Morgan fingerprint density at radius 2 is 2.00 bits per heavy atom. The van der Waals surface area contributed by atoms with Crippen LogP contribution in [0.2, 0.25) is 0 Å². The van der Waals surface area contributed by atoms with E-state index in [0.29, 0.717) is 0 Å². The minimum Gasteiger partial charge on any atom is -0.390 e.